The van der Waals surface area contributed by atoms with Crippen LogP contribution < -0.4 is 14.4 Å². The molecule has 0 aliphatic carbocycles. The Labute approximate surface area is 153 Å². The van der Waals surface area contributed by atoms with Crippen molar-refractivity contribution >= 4 is 27.4 Å². The van der Waals surface area contributed by atoms with Gasteiger partial charge in [-0.15, -0.1) is 0 Å². The lowest BCUT2D eigenvalue weighted by molar-refractivity contribution is 0.310. The Hall–Kier alpha value is -2.27. The van der Waals surface area contributed by atoms with Gasteiger partial charge in [-0.3, -0.25) is 0 Å². The van der Waals surface area contributed by atoms with Crippen LogP contribution >= 0.6 is 11.5 Å². The third kappa shape index (κ3) is 4.23. The third-order valence-corrected chi connectivity index (χ3v) is 4.95. The minimum Gasteiger partial charge on any atom is -0.497 e. The number of rotatable bonds is 8. The first-order valence-corrected chi connectivity index (χ1v) is 9.35. The van der Waals surface area contributed by atoms with E-state index in [9.17, 15) is 0 Å². The van der Waals surface area contributed by atoms with Gasteiger partial charge in [0.15, 0.2) is 0 Å². The number of unbranched alkanes of at least 4 members (excludes halogenated alkanes) is 1. The quantitative estimate of drug-likeness (QED) is 0.525. The second-order valence-corrected chi connectivity index (χ2v) is 6.88. The summed E-state index contributed by atoms with van der Waals surface area (Å²) >= 11 is 1.53. The fourth-order valence-corrected chi connectivity index (χ4v) is 3.48. The van der Waals surface area contributed by atoms with Crippen molar-refractivity contribution in [3.63, 3.8) is 0 Å². The van der Waals surface area contributed by atoms with Crippen molar-refractivity contribution in [2.24, 2.45) is 0 Å². The molecule has 0 atom stereocenters. The van der Waals surface area contributed by atoms with Crippen molar-refractivity contribution in [2.45, 2.75) is 26.3 Å². The predicted molar refractivity (Wildman–Crippen MR) is 105 cm³/mol. The maximum absolute atomic E-state index is 5.85. The van der Waals surface area contributed by atoms with Crippen molar-refractivity contribution in [2.75, 3.05) is 25.7 Å². The zero-order valence-electron chi connectivity index (χ0n) is 15.0. The number of anilines is 1. The van der Waals surface area contributed by atoms with Crippen molar-refractivity contribution < 1.29 is 9.47 Å². The molecule has 0 unspecified atom stereocenters. The van der Waals surface area contributed by atoms with Gasteiger partial charge in [0, 0.05) is 19.0 Å². The molecule has 3 aromatic rings. The van der Waals surface area contributed by atoms with Crippen LogP contribution in [0.5, 0.6) is 11.5 Å². The first kappa shape index (κ1) is 17.5. The summed E-state index contributed by atoms with van der Waals surface area (Å²) in [5, 5.41) is 1.15. The Bertz CT molecular complexity index is 814. The minimum absolute atomic E-state index is 0.761. The van der Waals surface area contributed by atoms with E-state index in [0.717, 1.165) is 48.7 Å². The molecule has 1 heterocycles. The highest BCUT2D eigenvalue weighted by Crippen LogP contribution is 2.32. The number of aromatic nitrogens is 1. The number of ether oxygens (including phenoxy) is 2. The summed E-state index contributed by atoms with van der Waals surface area (Å²) in [5.41, 5.74) is 1.22. The summed E-state index contributed by atoms with van der Waals surface area (Å²) in [5.74, 6) is 2.79. The fraction of sp³-hybridized carbons (Fsp3) is 0.350. The van der Waals surface area contributed by atoms with Crippen molar-refractivity contribution in [3.8, 4) is 11.5 Å². The maximum atomic E-state index is 5.85. The summed E-state index contributed by atoms with van der Waals surface area (Å²) in [6.45, 7) is 3.72. The van der Waals surface area contributed by atoms with E-state index in [-0.39, 0.29) is 0 Å². The van der Waals surface area contributed by atoms with E-state index < -0.39 is 0 Å². The Morgan fingerprint density at radius 2 is 1.84 bits per heavy atom. The number of benzene rings is 2. The Morgan fingerprint density at radius 1 is 1.08 bits per heavy atom. The van der Waals surface area contributed by atoms with Gasteiger partial charge >= 0.3 is 0 Å². The molecule has 0 fully saturated rings. The van der Waals surface area contributed by atoms with Gasteiger partial charge in [-0.05, 0) is 53.8 Å². The molecule has 132 valence electrons. The zero-order chi connectivity index (χ0) is 17.6. The molecule has 4 nitrogen and oxygen atoms in total. The van der Waals surface area contributed by atoms with Gasteiger partial charge < -0.3 is 14.4 Å². The van der Waals surface area contributed by atoms with Gasteiger partial charge in [0.25, 0.3) is 0 Å². The highest BCUT2D eigenvalue weighted by molar-refractivity contribution is 7.13. The number of nitrogens with zero attached hydrogens (tertiary/aromatic N) is 2. The lowest BCUT2D eigenvalue weighted by Crippen LogP contribution is -2.16. The molecule has 0 bridgehead atoms. The molecule has 0 spiro atoms. The summed E-state index contributed by atoms with van der Waals surface area (Å²) in [6, 6.07) is 14.4. The standard InChI is InChI=1S/C20H24N2O2S/c1-4-5-12-24-17-10-11-19-18(13-17)20(21-25-19)22(2)14-15-6-8-16(23-3)9-7-15/h6-11,13H,4-5,12,14H2,1-3H3. The van der Waals surface area contributed by atoms with Crippen molar-refractivity contribution in [1.29, 1.82) is 0 Å². The van der Waals surface area contributed by atoms with E-state index in [1.807, 2.05) is 18.2 Å². The zero-order valence-corrected chi connectivity index (χ0v) is 15.8. The Kier molecular flexibility index (Phi) is 5.76. The van der Waals surface area contributed by atoms with Crippen molar-refractivity contribution in [3.05, 3.63) is 48.0 Å². The first-order chi connectivity index (χ1) is 12.2. The van der Waals surface area contributed by atoms with Gasteiger partial charge in [-0.2, -0.15) is 4.37 Å². The maximum Gasteiger partial charge on any atom is 0.150 e. The highest BCUT2D eigenvalue weighted by atomic mass is 32.1. The normalized spacial score (nSPS) is 10.8. The average molecular weight is 356 g/mol. The molecule has 0 aliphatic rings. The van der Waals surface area contributed by atoms with E-state index in [1.54, 1.807) is 7.11 Å². The van der Waals surface area contributed by atoms with Crippen LogP contribution in [0.2, 0.25) is 0 Å². The van der Waals surface area contributed by atoms with E-state index in [0.29, 0.717) is 0 Å². The third-order valence-electron chi connectivity index (χ3n) is 4.13. The highest BCUT2D eigenvalue weighted by Gasteiger charge is 2.12. The van der Waals surface area contributed by atoms with Gasteiger partial charge in [0.05, 0.1) is 18.4 Å². The smallest absolute Gasteiger partial charge is 0.150 e. The number of hydrogen-bond acceptors (Lipinski definition) is 5. The minimum atomic E-state index is 0.761. The van der Waals surface area contributed by atoms with Crippen molar-refractivity contribution in [1.82, 2.24) is 4.37 Å². The molecular formula is C20H24N2O2S. The molecule has 0 saturated carbocycles. The molecule has 2 aromatic carbocycles. The molecule has 25 heavy (non-hydrogen) atoms. The molecule has 0 saturated heterocycles. The number of methoxy groups -OCH3 is 1. The second kappa shape index (κ2) is 8.21. The molecule has 0 radical (unpaired) electrons. The molecule has 5 heteroatoms. The lowest BCUT2D eigenvalue weighted by atomic mass is 10.2. The number of hydrogen-bond donors (Lipinski definition) is 0. The summed E-state index contributed by atoms with van der Waals surface area (Å²) < 4.78 is 16.9. The van der Waals surface area contributed by atoms with Gasteiger partial charge in [0.2, 0.25) is 0 Å². The molecule has 1 aromatic heterocycles. The fourth-order valence-electron chi connectivity index (χ4n) is 2.68. The van der Waals surface area contributed by atoms with Crippen LogP contribution in [0.3, 0.4) is 0 Å². The molecule has 0 N–H and O–H groups in total. The first-order valence-electron chi connectivity index (χ1n) is 8.57. The monoisotopic (exact) mass is 356 g/mol. The largest absolute Gasteiger partial charge is 0.497 e. The molecule has 3 rings (SSSR count). The van der Waals surface area contributed by atoms with E-state index >= 15 is 0 Å². The summed E-state index contributed by atoms with van der Waals surface area (Å²) in [6.07, 6.45) is 2.21. The van der Waals surface area contributed by atoms with Gasteiger partial charge in [0.1, 0.15) is 17.3 Å². The Morgan fingerprint density at radius 3 is 2.56 bits per heavy atom. The van der Waals surface area contributed by atoms with E-state index in [2.05, 4.69) is 47.5 Å². The van der Waals surface area contributed by atoms with E-state index in [1.165, 1.54) is 21.8 Å². The van der Waals surface area contributed by atoms with Crippen LogP contribution in [0.15, 0.2) is 42.5 Å². The second-order valence-electron chi connectivity index (χ2n) is 6.07. The van der Waals surface area contributed by atoms with Crippen LogP contribution in [0, 0.1) is 0 Å². The van der Waals surface area contributed by atoms with Gasteiger partial charge in [-0.25, -0.2) is 0 Å². The molecular weight excluding hydrogens is 332 g/mol. The summed E-state index contributed by atoms with van der Waals surface area (Å²) in [4.78, 5) is 2.18. The predicted octanol–water partition coefficient (Wildman–Crippen LogP) is 5.12. The number of fused-ring (bicyclic) bond motifs is 1. The SMILES string of the molecule is CCCCOc1ccc2snc(N(C)Cc3ccc(OC)cc3)c2c1. The van der Waals surface area contributed by atoms with Crippen LogP contribution in [-0.4, -0.2) is 25.1 Å². The topological polar surface area (TPSA) is 34.6 Å². The average Bonchev–Trinajstić information content (AvgIpc) is 3.06. The van der Waals surface area contributed by atoms with Gasteiger partial charge in [-0.1, -0.05) is 25.5 Å². The molecule has 0 aliphatic heterocycles. The molecule has 0 amide bonds. The van der Waals surface area contributed by atoms with Crippen LogP contribution in [0.1, 0.15) is 25.3 Å². The van der Waals surface area contributed by atoms with Crippen LogP contribution in [0.25, 0.3) is 10.1 Å². The summed E-state index contributed by atoms with van der Waals surface area (Å²) in [7, 11) is 3.76. The van der Waals surface area contributed by atoms with E-state index in [4.69, 9.17) is 9.47 Å². The van der Waals surface area contributed by atoms with Crippen LogP contribution in [0.4, 0.5) is 5.82 Å². The Balaban J connectivity index is 1.77. The lowest BCUT2D eigenvalue weighted by Gasteiger charge is -2.17. The van der Waals surface area contributed by atoms with Crippen LogP contribution in [-0.2, 0) is 6.54 Å².